The van der Waals surface area contributed by atoms with Gasteiger partial charge < -0.3 is 9.64 Å². The molecule has 0 amide bonds. The van der Waals surface area contributed by atoms with Crippen LogP contribution in [0.15, 0.2) is 12.4 Å². The maximum atomic E-state index is 11.3. The highest BCUT2D eigenvalue weighted by Crippen LogP contribution is 2.24. The van der Waals surface area contributed by atoms with Crippen LogP contribution in [0.2, 0.25) is 0 Å². The molecule has 0 aliphatic carbocycles. The molecule has 5 heteroatoms. The molecule has 1 aliphatic heterocycles. The van der Waals surface area contributed by atoms with E-state index < -0.39 is 5.97 Å². The highest BCUT2D eigenvalue weighted by molar-refractivity contribution is 5.86. The minimum absolute atomic E-state index is 0.259. The van der Waals surface area contributed by atoms with Gasteiger partial charge in [-0.3, -0.25) is 0 Å². The normalized spacial score (nSPS) is 19.5. The number of anilines is 1. The molecule has 1 aliphatic rings. The standard InChI is InChI=1S/C15H23N3O2/c1-3-5-12-6-4-8-18(9-7-12)14-11-16-13(10-17-14)15(19)20-2/h10-12H,3-9H2,1-2H3. The van der Waals surface area contributed by atoms with E-state index in [0.717, 1.165) is 24.8 Å². The van der Waals surface area contributed by atoms with Gasteiger partial charge in [0.2, 0.25) is 0 Å². The quantitative estimate of drug-likeness (QED) is 0.792. The van der Waals surface area contributed by atoms with Crippen molar-refractivity contribution in [2.24, 2.45) is 5.92 Å². The molecular weight excluding hydrogens is 254 g/mol. The number of aromatic nitrogens is 2. The fraction of sp³-hybridized carbons (Fsp3) is 0.667. The predicted molar refractivity (Wildman–Crippen MR) is 77.8 cm³/mol. The first kappa shape index (κ1) is 14.8. The number of hydrogen-bond donors (Lipinski definition) is 0. The molecule has 0 spiro atoms. The van der Waals surface area contributed by atoms with Crippen LogP contribution in [0, 0.1) is 5.92 Å². The molecule has 1 fully saturated rings. The van der Waals surface area contributed by atoms with Crippen LogP contribution >= 0.6 is 0 Å². The smallest absolute Gasteiger partial charge is 0.358 e. The molecule has 0 radical (unpaired) electrons. The van der Waals surface area contributed by atoms with E-state index in [1.807, 2.05) is 0 Å². The van der Waals surface area contributed by atoms with E-state index in [9.17, 15) is 4.79 Å². The Morgan fingerprint density at radius 2 is 2.20 bits per heavy atom. The monoisotopic (exact) mass is 277 g/mol. The van der Waals surface area contributed by atoms with Crippen LogP contribution in [0.3, 0.4) is 0 Å². The van der Waals surface area contributed by atoms with Gasteiger partial charge in [-0.15, -0.1) is 0 Å². The predicted octanol–water partition coefficient (Wildman–Crippen LogP) is 2.67. The second-order valence-electron chi connectivity index (χ2n) is 5.32. The SMILES string of the molecule is CCCC1CCCN(c2cnc(C(=O)OC)cn2)CC1. The molecule has 2 heterocycles. The van der Waals surface area contributed by atoms with Crippen molar-refractivity contribution in [3.8, 4) is 0 Å². The minimum Gasteiger partial charge on any atom is -0.464 e. The van der Waals surface area contributed by atoms with Gasteiger partial charge in [0, 0.05) is 13.1 Å². The van der Waals surface area contributed by atoms with Crippen molar-refractivity contribution in [1.82, 2.24) is 9.97 Å². The highest BCUT2D eigenvalue weighted by atomic mass is 16.5. The molecule has 1 saturated heterocycles. The van der Waals surface area contributed by atoms with Crippen molar-refractivity contribution >= 4 is 11.8 Å². The van der Waals surface area contributed by atoms with Gasteiger partial charge in [-0.1, -0.05) is 19.8 Å². The summed E-state index contributed by atoms with van der Waals surface area (Å²) < 4.78 is 4.63. The average molecular weight is 277 g/mol. The lowest BCUT2D eigenvalue weighted by atomic mass is 9.96. The third-order valence-corrected chi connectivity index (χ3v) is 3.90. The Morgan fingerprint density at radius 1 is 1.35 bits per heavy atom. The van der Waals surface area contributed by atoms with Crippen LogP contribution in [-0.2, 0) is 4.74 Å². The molecule has 1 aromatic rings. The number of esters is 1. The van der Waals surface area contributed by atoms with E-state index in [2.05, 4.69) is 26.5 Å². The van der Waals surface area contributed by atoms with Crippen LogP contribution in [0.25, 0.3) is 0 Å². The summed E-state index contributed by atoms with van der Waals surface area (Å²) in [5, 5.41) is 0. The fourth-order valence-electron chi connectivity index (χ4n) is 2.79. The molecule has 0 N–H and O–H groups in total. The van der Waals surface area contributed by atoms with Crippen LogP contribution < -0.4 is 4.90 Å². The number of rotatable bonds is 4. The summed E-state index contributed by atoms with van der Waals surface area (Å²) >= 11 is 0. The number of hydrogen-bond acceptors (Lipinski definition) is 5. The lowest BCUT2D eigenvalue weighted by molar-refractivity contribution is 0.0593. The second-order valence-corrected chi connectivity index (χ2v) is 5.32. The molecule has 1 unspecified atom stereocenters. The van der Waals surface area contributed by atoms with Gasteiger partial charge in [0.15, 0.2) is 5.69 Å². The molecular formula is C15H23N3O2. The van der Waals surface area contributed by atoms with Crippen molar-refractivity contribution < 1.29 is 9.53 Å². The third kappa shape index (κ3) is 3.68. The lowest BCUT2D eigenvalue weighted by Gasteiger charge is -2.21. The van der Waals surface area contributed by atoms with Gasteiger partial charge in [-0.2, -0.15) is 0 Å². The Kier molecular flexibility index (Phi) is 5.32. The first-order valence-corrected chi connectivity index (χ1v) is 7.40. The van der Waals surface area contributed by atoms with Gasteiger partial charge >= 0.3 is 5.97 Å². The van der Waals surface area contributed by atoms with Gasteiger partial charge in [-0.25, -0.2) is 14.8 Å². The number of carbonyl (C=O) groups excluding carboxylic acids is 1. The lowest BCUT2D eigenvalue weighted by Crippen LogP contribution is -2.25. The summed E-state index contributed by atoms with van der Waals surface area (Å²) in [6.07, 6.45) is 9.47. The van der Waals surface area contributed by atoms with Gasteiger partial charge in [-0.05, 0) is 25.2 Å². The molecule has 1 aromatic heterocycles. The van der Waals surface area contributed by atoms with Crippen molar-refractivity contribution in [1.29, 1.82) is 0 Å². The Bertz CT molecular complexity index is 433. The molecule has 110 valence electrons. The Morgan fingerprint density at radius 3 is 2.85 bits per heavy atom. The van der Waals surface area contributed by atoms with E-state index in [1.165, 1.54) is 45.4 Å². The summed E-state index contributed by atoms with van der Waals surface area (Å²) in [4.78, 5) is 22.1. The van der Waals surface area contributed by atoms with Gasteiger partial charge in [0.25, 0.3) is 0 Å². The van der Waals surface area contributed by atoms with E-state index in [-0.39, 0.29) is 5.69 Å². The van der Waals surface area contributed by atoms with Crippen molar-refractivity contribution in [2.75, 3.05) is 25.1 Å². The van der Waals surface area contributed by atoms with E-state index in [1.54, 1.807) is 6.20 Å². The first-order chi connectivity index (χ1) is 9.74. The summed E-state index contributed by atoms with van der Waals surface area (Å²) in [5.41, 5.74) is 0.259. The molecule has 1 atom stereocenters. The average Bonchev–Trinajstić information content (AvgIpc) is 2.73. The van der Waals surface area contributed by atoms with Crippen molar-refractivity contribution in [3.63, 3.8) is 0 Å². The highest BCUT2D eigenvalue weighted by Gasteiger charge is 2.18. The Hall–Kier alpha value is -1.65. The maximum absolute atomic E-state index is 11.3. The fourth-order valence-corrected chi connectivity index (χ4v) is 2.79. The van der Waals surface area contributed by atoms with Gasteiger partial charge in [0.05, 0.1) is 19.5 Å². The largest absolute Gasteiger partial charge is 0.464 e. The second kappa shape index (κ2) is 7.22. The van der Waals surface area contributed by atoms with Crippen molar-refractivity contribution in [2.45, 2.75) is 39.0 Å². The van der Waals surface area contributed by atoms with Gasteiger partial charge in [0.1, 0.15) is 5.82 Å². The van der Waals surface area contributed by atoms with E-state index >= 15 is 0 Å². The van der Waals surface area contributed by atoms with Crippen LogP contribution in [0.5, 0.6) is 0 Å². The van der Waals surface area contributed by atoms with E-state index in [4.69, 9.17) is 0 Å². The zero-order valence-corrected chi connectivity index (χ0v) is 12.3. The topological polar surface area (TPSA) is 55.3 Å². The molecule has 20 heavy (non-hydrogen) atoms. The Balaban J connectivity index is 1.99. The molecule has 0 saturated carbocycles. The van der Waals surface area contributed by atoms with Crippen molar-refractivity contribution in [3.05, 3.63) is 18.1 Å². The minimum atomic E-state index is -0.442. The van der Waals surface area contributed by atoms with Crippen LogP contribution in [-0.4, -0.2) is 36.1 Å². The maximum Gasteiger partial charge on any atom is 0.358 e. The summed E-state index contributed by atoms with van der Waals surface area (Å²) in [6, 6.07) is 0. The number of carbonyl (C=O) groups is 1. The zero-order valence-electron chi connectivity index (χ0n) is 12.3. The third-order valence-electron chi connectivity index (χ3n) is 3.90. The molecule has 0 aromatic carbocycles. The summed E-state index contributed by atoms with van der Waals surface area (Å²) in [7, 11) is 1.35. The number of nitrogens with zero attached hydrogens (tertiary/aromatic N) is 3. The number of methoxy groups -OCH3 is 1. The van der Waals surface area contributed by atoms with E-state index in [0.29, 0.717) is 0 Å². The zero-order chi connectivity index (χ0) is 14.4. The number of ether oxygens (including phenoxy) is 1. The molecule has 0 bridgehead atoms. The van der Waals surface area contributed by atoms with Crippen LogP contribution in [0.1, 0.15) is 49.5 Å². The Labute approximate surface area is 120 Å². The molecule has 5 nitrogen and oxygen atoms in total. The first-order valence-electron chi connectivity index (χ1n) is 7.40. The van der Waals surface area contributed by atoms with Crippen LogP contribution in [0.4, 0.5) is 5.82 Å². The summed E-state index contributed by atoms with van der Waals surface area (Å²) in [6.45, 7) is 4.29. The summed E-state index contributed by atoms with van der Waals surface area (Å²) in [5.74, 6) is 1.25. The molecule has 2 rings (SSSR count).